The van der Waals surface area contributed by atoms with Gasteiger partial charge in [-0.3, -0.25) is 4.79 Å². The van der Waals surface area contributed by atoms with Crippen LogP contribution < -0.4 is 10.1 Å². The fourth-order valence-corrected chi connectivity index (χ4v) is 2.74. The number of carbonyl (C=O) groups is 1. The lowest BCUT2D eigenvalue weighted by atomic mass is 10.0. The highest BCUT2D eigenvalue weighted by molar-refractivity contribution is 5.79. The highest BCUT2D eigenvalue weighted by Gasteiger charge is 2.30. The minimum atomic E-state index is -2.70. The van der Waals surface area contributed by atoms with Crippen molar-refractivity contribution in [3.63, 3.8) is 0 Å². The normalized spacial score (nSPS) is 17.4. The maximum absolute atomic E-state index is 13.5. The summed E-state index contributed by atoms with van der Waals surface area (Å²) in [6.45, 7) is 4.50. The lowest BCUT2D eigenvalue weighted by molar-refractivity contribution is -0.128. The Morgan fingerprint density at radius 3 is 2.57 bits per heavy atom. The van der Waals surface area contributed by atoms with Gasteiger partial charge in [-0.25, -0.2) is 8.78 Å². The van der Waals surface area contributed by atoms with Gasteiger partial charge in [-0.1, -0.05) is 25.1 Å². The summed E-state index contributed by atoms with van der Waals surface area (Å²) in [5.74, 6) is -0.240. The molecule has 1 aliphatic heterocycles. The number of ether oxygens (including phenoxy) is 1. The van der Waals surface area contributed by atoms with E-state index in [4.69, 9.17) is 4.74 Å². The van der Waals surface area contributed by atoms with E-state index in [0.29, 0.717) is 24.3 Å². The molecule has 1 aromatic carbocycles. The molecular weight excluding hydrogens is 302 g/mol. The van der Waals surface area contributed by atoms with E-state index in [-0.39, 0.29) is 11.8 Å². The van der Waals surface area contributed by atoms with Crippen LogP contribution in [0.2, 0.25) is 0 Å². The van der Waals surface area contributed by atoms with Crippen molar-refractivity contribution in [2.75, 3.05) is 26.7 Å². The standard InChI is InChI=1S/C17H24F2N2O2/c1-3-12(11-21-9-6-10-21)17(22)20-15(16(18)19)13-7-4-5-8-14(13)23-2/h4-5,7-8,12,15-16H,3,6,9-11H2,1-2H3,(H,20,22)/t12-,15+/m0/s1. The van der Waals surface area contributed by atoms with E-state index in [1.807, 2.05) is 6.92 Å². The third kappa shape index (κ3) is 4.41. The molecule has 2 rings (SSSR count). The smallest absolute Gasteiger partial charge is 0.262 e. The first kappa shape index (κ1) is 17.7. The van der Waals surface area contributed by atoms with Gasteiger partial charge in [0.2, 0.25) is 5.91 Å². The second-order valence-corrected chi connectivity index (χ2v) is 5.82. The highest BCUT2D eigenvalue weighted by Crippen LogP contribution is 2.29. The zero-order valence-corrected chi connectivity index (χ0v) is 13.6. The Kier molecular flexibility index (Phi) is 6.33. The van der Waals surface area contributed by atoms with Crippen LogP contribution in [0.25, 0.3) is 0 Å². The van der Waals surface area contributed by atoms with Gasteiger partial charge in [-0.15, -0.1) is 0 Å². The highest BCUT2D eigenvalue weighted by atomic mass is 19.3. The first-order chi connectivity index (χ1) is 11.1. The van der Waals surface area contributed by atoms with Crippen molar-refractivity contribution in [3.05, 3.63) is 29.8 Å². The van der Waals surface area contributed by atoms with Gasteiger partial charge < -0.3 is 15.0 Å². The number of nitrogens with one attached hydrogen (secondary N) is 1. The number of nitrogens with zero attached hydrogens (tertiary/aromatic N) is 1. The number of halogens is 2. The molecule has 0 bridgehead atoms. The summed E-state index contributed by atoms with van der Waals surface area (Å²) in [7, 11) is 1.43. The molecule has 0 radical (unpaired) electrons. The third-order valence-electron chi connectivity index (χ3n) is 4.31. The summed E-state index contributed by atoms with van der Waals surface area (Å²) < 4.78 is 32.1. The molecule has 1 fully saturated rings. The molecule has 1 aromatic rings. The number of hydrogen-bond acceptors (Lipinski definition) is 3. The van der Waals surface area contributed by atoms with E-state index in [9.17, 15) is 13.6 Å². The number of carbonyl (C=O) groups excluding carboxylic acids is 1. The largest absolute Gasteiger partial charge is 0.496 e. The van der Waals surface area contributed by atoms with Crippen LogP contribution in [-0.2, 0) is 4.79 Å². The molecule has 1 saturated heterocycles. The van der Waals surface area contributed by atoms with Gasteiger partial charge in [-0.2, -0.15) is 0 Å². The molecule has 0 spiro atoms. The van der Waals surface area contributed by atoms with Crippen LogP contribution >= 0.6 is 0 Å². The maximum atomic E-state index is 13.5. The number of rotatable bonds is 8. The lowest BCUT2D eigenvalue weighted by Gasteiger charge is -2.34. The number of amides is 1. The SMILES string of the molecule is CC[C@@H](CN1CCC1)C(=O)N[C@H](c1ccccc1OC)C(F)F. The monoisotopic (exact) mass is 326 g/mol. The predicted octanol–water partition coefficient (Wildman–Crippen LogP) is 2.85. The Balaban J connectivity index is 2.09. The molecule has 23 heavy (non-hydrogen) atoms. The Bertz CT molecular complexity index is 521. The average molecular weight is 326 g/mol. The van der Waals surface area contributed by atoms with Crippen LogP contribution in [0.15, 0.2) is 24.3 Å². The zero-order chi connectivity index (χ0) is 16.8. The zero-order valence-electron chi connectivity index (χ0n) is 13.6. The van der Waals surface area contributed by atoms with E-state index in [1.165, 1.54) is 7.11 Å². The summed E-state index contributed by atoms with van der Waals surface area (Å²) in [6, 6.07) is 5.20. The van der Waals surface area contributed by atoms with E-state index in [0.717, 1.165) is 19.5 Å². The van der Waals surface area contributed by atoms with Crippen LogP contribution in [0.5, 0.6) is 5.75 Å². The number of methoxy groups -OCH3 is 1. The first-order valence-electron chi connectivity index (χ1n) is 8.00. The Hall–Kier alpha value is -1.69. The van der Waals surface area contributed by atoms with Crippen molar-refractivity contribution >= 4 is 5.91 Å². The van der Waals surface area contributed by atoms with Crippen LogP contribution in [0.3, 0.4) is 0 Å². The van der Waals surface area contributed by atoms with Gasteiger partial charge in [0.05, 0.1) is 13.0 Å². The summed E-state index contributed by atoms with van der Waals surface area (Å²) in [5, 5.41) is 2.52. The van der Waals surface area contributed by atoms with Crippen molar-refractivity contribution < 1.29 is 18.3 Å². The molecule has 6 heteroatoms. The molecule has 1 N–H and O–H groups in total. The molecule has 4 nitrogen and oxygen atoms in total. The van der Waals surface area contributed by atoms with Crippen molar-refractivity contribution in [2.45, 2.75) is 32.2 Å². The van der Waals surface area contributed by atoms with Crippen LogP contribution in [0.4, 0.5) is 8.78 Å². The quantitative estimate of drug-likeness (QED) is 0.799. The van der Waals surface area contributed by atoms with Crippen LogP contribution in [-0.4, -0.2) is 44.0 Å². The number of benzene rings is 1. The molecule has 0 aromatic heterocycles. The average Bonchev–Trinajstić information content (AvgIpc) is 2.51. The molecule has 0 aliphatic carbocycles. The van der Waals surface area contributed by atoms with E-state index >= 15 is 0 Å². The molecule has 128 valence electrons. The molecule has 0 unspecified atom stereocenters. The van der Waals surface area contributed by atoms with Gasteiger partial charge in [0.25, 0.3) is 6.43 Å². The molecular formula is C17H24F2N2O2. The second kappa shape index (κ2) is 8.24. The fraction of sp³-hybridized carbons (Fsp3) is 0.588. The molecule has 0 saturated carbocycles. The van der Waals surface area contributed by atoms with Crippen molar-refractivity contribution in [2.24, 2.45) is 5.92 Å². The number of para-hydroxylation sites is 1. The molecule has 1 amide bonds. The minimum absolute atomic E-state index is 0.272. The fourth-order valence-electron chi connectivity index (χ4n) is 2.74. The number of hydrogen-bond donors (Lipinski definition) is 1. The Labute approximate surface area is 135 Å². The van der Waals surface area contributed by atoms with E-state index in [1.54, 1.807) is 24.3 Å². The summed E-state index contributed by atoms with van der Waals surface area (Å²) in [4.78, 5) is 14.6. The van der Waals surface area contributed by atoms with Crippen LogP contribution in [0, 0.1) is 5.92 Å². The number of likely N-dealkylation sites (tertiary alicyclic amines) is 1. The molecule has 1 aliphatic rings. The van der Waals surface area contributed by atoms with Crippen molar-refractivity contribution in [1.29, 1.82) is 0 Å². The second-order valence-electron chi connectivity index (χ2n) is 5.82. The number of alkyl halides is 2. The lowest BCUT2D eigenvalue weighted by Crippen LogP contribution is -2.46. The topological polar surface area (TPSA) is 41.6 Å². The summed E-state index contributed by atoms with van der Waals surface area (Å²) in [5.41, 5.74) is 0.303. The minimum Gasteiger partial charge on any atom is -0.496 e. The maximum Gasteiger partial charge on any atom is 0.262 e. The Morgan fingerprint density at radius 2 is 2.04 bits per heavy atom. The van der Waals surface area contributed by atoms with Gasteiger partial charge in [0.15, 0.2) is 0 Å². The Morgan fingerprint density at radius 1 is 1.35 bits per heavy atom. The molecule has 2 atom stereocenters. The first-order valence-corrected chi connectivity index (χ1v) is 8.00. The molecule has 1 heterocycles. The van der Waals surface area contributed by atoms with Gasteiger partial charge >= 0.3 is 0 Å². The van der Waals surface area contributed by atoms with Gasteiger partial charge in [0, 0.05) is 12.1 Å². The van der Waals surface area contributed by atoms with Gasteiger partial charge in [-0.05, 0) is 32.0 Å². The summed E-state index contributed by atoms with van der Waals surface area (Å²) >= 11 is 0. The predicted molar refractivity (Wildman–Crippen MR) is 84.7 cm³/mol. The van der Waals surface area contributed by atoms with E-state index < -0.39 is 12.5 Å². The summed E-state index contributed by atoms with van der Waals surface area (Å²) in [6.07, 6.45) is -0.930. The third-order valence-corrected chi connectivity index (χ3v) is 4.31. The van der Waals surface area contributed by atoms with Crippen molar-refractivity contribution in [3.8, 4) is 5.75 Å². The van der Waals surface area contributed by atoms with Gasteiger partial charge in [0.1, 0.15) is 11.8 Å². The van der Waals surface area contributed by atoms with Crippen LogP contribution in [0.1, 0.15) is 31.4 Å². The van der Waals surface area contributed by atoms with E-state index in [2.05, 4.69) is 10.2 Å². The van der Waals surface area contributed by atoms with Crippen molar-refractivity contribution in [1.82, 2.24) is 10.2 Å².